The number of aryl methyl sites for hydroxylation is 1. The summed E-state index contributed by atoms with van der Waals surface area (Å²) >= 11 is 7.33. The first kappa shape index (κ1) is 14.4. The van der Waals surface area contributed by atoms with E-state index in [2.05, 4.69) is 0 Å². The average molecular weight is 300 g/mol. The van der Waals surface area contributed by atoms with Crippen molar-refractivity contribution in [3.05, 3.63) is 28.8 Å². The summed E-state index contributed by atoms with van der Waals surface area (Å²) in [5.74, 6) is -0.00430. The van der Waals surface area contributed by atoms with Crippen molar-refractivity contribution in [3.63, 3.8) is 0 Å². The number of imide groups is 1. The summed E-state index contributed by atoms with van der Waals surface area (Å²) in [6.07, 6.45) is 0.176. The molecule has 1 atom stereocenters. The Labute approximate surface area is 120 Å². The van der Waals surface area contributed by atoms with Crippen LogP contribution in [-0.2, 0) is 9.59 Å². The molecule has 4 nitrogen and oxygen atoms in total. The van der Waals surface area contributed by atoms with Gasteiger partial charge in [0.25, 0.3) is 0 Å². The molecule has 0 bridgehead atoms. The molecule has 1 aromatic carbocycles. The molecule has 2 rings (SSSR count). The molecule has 2 amide bonds. The number of carbonyl (C=O) groups excluding carboxylic acids is 2. The highest BCUT2D eigenvalue weighted by Gasteiger charge is 2.39. The maximum atomic E-state index is 12.2. The highest BCUT2D eigenvalue weighted by molar-refractivity contribution is 8.00. The Hall–Kier alpha value is -1.04. The highest BCUT2D eigenvalue weighted by Crippen LogP contribution is 2.31. The zero-order valence-corrected chi connectivity index (χ0v) is 12.0. The van der Waals surface area contributed by atoms with Gasteiger partial charge in [-0.3, -0.25) is 9.59 Å². The van der Waals surface area contributed by atoms with Gasteiger partial charge in [0.1, 0.15) is 0 Å². The number of benzene rings is 1. The molecule has 1 saturated heterocycles. The van der Waals surface area contributed by atoms with Crippen LogP contribution >= 0.6 is 23.4 Å². The Balaban J connectivity index is 2.22. The monoisotopic (exact) mass is 299 g/mol. The molecule has 1 N–H and O–H groups in total. The van der Waals surface area contributed by atoms with Gasteiger partial charge in [-0.2, -0.15) is 0 Å². The fraction of sp³-hybridized carbons (Fsp3) is 0.385. The van der Waals surface area contributed by atoms with Crippen LogP contribution in [-0.4, -0.2) is 34.5 Å². The van der Waals surface area contributed by atoms with E-state index in [0.29, 0.717) is 16.5 Å². The topological polar surface area (TPSA) is 57.6 Å². The zero-order valence-electron chi connectivity index (χ0n) is 10.4. The second kappa shape index (κ2) is 5.94. The molecular weight excluding hydrogens is 286 g/mol. The number of anilines is 1. The molecule has 0 spiro atoms. The number of carbonyl (C=O) groups is 2. The van der Waals surface area contributed by atoms with E-state index in [9.17, 15) is 9.59 Å². The molecule has 19 heavy (non-hydrogen) atoms. The van der Waals surface area contributed by atoms with Crippen LogP contribution < -0.4 is 4.90 Å². The number of halogens is 1. The quantitative estimate of drug-likeness (QED) is 0.864. The van der Waals surface area contributed by atoms with Gasteiger partial charge in [0.2, 0.25) is 11.8 Å². The van der Waals surface area contributed by atoms with Gasteiger partial charge in [-0.05, 0) is 24.6 Å². The van der Waals surface area contributed by atoms with Gasteiger partial charge in [-0.15, -0.1) is 11.8 Å². The van der Waals surface area contributed by atoms with Gasteiger partial charge in [-0.1, -0.05) is 17.7 Å². The van der Waals surface area contributed by atoms with Crippen molar-refractivity contribution in [1.82, 2.24) is 0 Å². The summed E-state index contributed by atoms with van der Waals surface area (Å²) in [5.41, 5.74) is 1.41. The largest absolute Gasteiger partial charge is 0.396 e. The van der Waals surface area contributed by atoms with Gasteiger partial charge < -0.3 is 5.11 Å². The van der Waals surface area contributed by atoms with Crippen molar-refractivity contribution >= 4 is 40.9 Å². The van der Waals surface area contributed by atoms with Gasteiger partial charge in [-0.25, -0.2) is 4.90 Å². The zero-order chi connectivity index (χ0) is 14.0. The number of hydrogen-bond donors (Lipinski definition) is 1. The van der Waals surface area contributed by atoms with Gasteiger partial charge >= 0.3 is 0 Å². The third-order valence-electron chi connectivity index (χ3n) is 2.93. The van der Waals surface area contributed by atoms with Crippen LogP contribution in [0.3, 0.4) is 0 Å². The van der Waals surface area contributed by atoms with Gasteiger partial charge in [0, 0.05) is 17.2 Å². The molecule has 1 aliphatic heterocycles. The molecule has 1 fully saturated rings. The number of thioether (sulfide) groups is 1. The van der Waals surface area contributed by atoms with Crippen LogP contribution in [0.2, 0.25) is 5.02 Å². The molecule has 102 valence electrons. The first-order valence-electron chi connectivity index (χ1n) is 5.90. The summed E-state index contributed by atoms with van der Waals surface area (Å²) in [6, 6.07) is 5.13. The van der Waals surface area contributed by atoms with E-state index < -0.39 is 5.25 Å². The van der Waals surface area contributed by atoms with Gasteiger partial charge in [0.15, 0.2) is 0 Å². The number of rotatable bonds is 4. The normalized spacial score (nSPS) is 19.3. The van der Waals surface area contributed by atoms with E-state index in [1.807, 2.05) is 6.92 Å². The lowest BCUT2D eigenvalue weighted by molar-refractivity contribution is -0.121. The lowest BCUT2D eigenvalue weighted by atomic mass is 10.2. The van der Waals surface area contributed by atoms with Crippen molar-refractivity contribution in [3.8, 4) is 0 Å². The van der Waals surface area contributed by atoms with E-state index in [0.717, 1.165) is 5.56 Å². The van der Waals surface area contributed by atoms with Crippen LogP contribution in [0.25, 0.3) is 0 Å². The summed E-state index contributed by atoms with van der Waals surface area (Å²) < 4.78 is 0. The maximum absolute atomic E-state index is 12.2. The maximum Gasteiger partial charge on any atom is 0.247 e. The first-order chi connectivity index (χ1) is 9.04. The second-order valence-corrected chi connectivity index (χ2v) is 6.01. The van der Waals surface area contributed by atoms with Crippen molar-refractivity contribution < 1.29 is 14.7 Å². The molecule has 1 aromatic rings. The fourth-order valence-corrected chi connectivity index (χ4v) is 2.99. The van der Waals surface area contributed by atoms with Crippen molar-refractivity contribution in [2.24, 2.45) is 0 Å². The smallest absolute Gasteiger partial charge is 0.247 e. The van der Waals surface area contributed by atoms with Crippen LogP contribution in [0.4, 0.5) is 5.69 Å². The Kier molecular flexibility index (Phi) is 4.50. The Bertz CT molecular complexity index is 521. The van der Waals surface area contributed by atoms with E-state index in [1.54, 1.807) is 18.2 Å². The van der Waals surface area contributed by atoms with Crippen molar-refractivity contribution in [2.45, 2.75) is 18.6 Å². The summed E-state index contributed by atoms with van der Waals surface area (Å²) in [5, 5.41) is 8.91. The van der Waals surface area contributed by atoms with E-state index in [4.69, 9.17) is 16.7 Å². The van der Waals surface area contributed by atoms with Gasteiger partial charge in [0.05, 0.1) is 17.5 Å². The van der Waals surface area contributed by atoms with Crippen LogP contribution in [0.15, 0.2) is 18.2 Å². The average Bonchev–Trinajstić information content (AvgIpc) is 2.65. The number of nitrogens with zero attached hydrogens (tertiary/aromatic N) is 1. The van der Waals surface area contributed by atoms with Crippen molar-refractivity contribution in [2.75, 3.05) is 17.3 Å². The molecule has 6 heteroatoms. The van der Waals surface area contributed by atoms with Crippen LogP contribution in [0.5, 0.6) is 0 Å². The minimum Gasteiger partial charge on any atom is -0.396 e. The summed E-state index contributed by atoms with van der Waals surface area (Å²) in [6.45, 7) is 1.86. The van der Waals surface area contributed by atoms with E-state index in [-0.39, 0.29) is 24.8 Å². The lowest BCUT2D eigenvalue weighted by Gasteiger charge is -2.15. The second-order valence-electron chi connectivity index (χ2n) is 4.29. The minimum absolute atomic E-state index is 0.000995. The molecule has 0 saturated carbocycles. The molecule has 0 radical (unpaired) electrons. The predicted octanol–water partition coefficient (Wildman–Crippen LogP) is 2.01. The summed E-state index contributed by atoms with van der Waals surface area (Å²) in [7, 11) is 0. The molecule has 0 aromatic heterocycles. The number of hydrogen-bond acceptors (Lipinski definition) is 4. The first-order valence-corrected chi connectivity index (χ1v) is 7.32. The number of aliphatic hydroxyl groups is 1. The molecule has 0 unspecified atom stereocenters. The minimum atomic E-state index is -0.403. The van der Waals surface area contributed by atoms with Crippen LogP contribution in [0, 0.1) is 6.92 Å². The Morgan fingerprint density at radius 3 is 2.84 bits per heavy atom. The highest BCUT2D eigenvalue weighted by atomic mass is 35.5. The molecule has 1 aliphatic rings. The third-order valence-corrected chi connectivity index (χ3v) is 4.53. The predicted molar refractivity (Wildman–Crippen MR) is 76.6 cm³/mol. The third kappa shape index (κ3) is 2.94. The number of amides is 2. The summed E-state index contributed by atoms with van der Waals surface area (Å²) in [4.78, 5) is 25.3. The number of aliphatic hydroxyl groups excluding tert-OH is 1. The van der Waals surface area contributed by atoms with Crippen molar-refractivity contribution in [1.29, 1.82) is 0 Å². The molecule has 1 heterocycles. The molecular formula is C13H14ClNO3S. The Morgan fingerprint density at radius 1 is 1.47 bits per heavy atom. The lowest BCUT2D eigenvalue weighted by Crippen LogP contribution is -2.31. The van der Waals surface area contributed by atoms with Crippen LogP contribution in [0.1, 0.15) is 12.0 Å². The fourth-order valence-electron chi connectivity index (χ4n) is 1.92. The standard InChI is InChI=1S/C13H14ClNO3S/c1-8-2-3-9(6-10(8)14)15-12(17)7-11(13(15)18)19-5-4-16/h2-3,6,11,16H,4-5,7H2,1H3/t11-/m0/s1. The Morgan fingerprint density at radius 2 is 2.21 bits per heavy atom. The molecule has 0 aliphatic carbocycles. The SMILES string of the molecule is Cc1ccc(N2C(=O)C[C@H](SCCO)C2=O)cc1Cl. The van der Waals surface area contributed by atoms with E-state index in [1.165, 1.54) is 16.7 Å². The van der Waals surface area contributed by atoms with E-state index >= 15 is 0 Å².